The number of esters is 1. The van der Waals surface area contributed by atoms with Crippen LogP contribution in [-0.4, -0.2) is 24.1 Å². The minimum absolute atomic E-state index is 0.0382. The smallest absolute Gasteiger partial charge is 0.462 e. The number of alkyl halides is 3. The van der Waals surface area contributed by atoms with E-state index in [2.05, 4.69) is 9.73 Å². The van der Waals surface area contributed by atoms with Crippen LogP contribution in [0.5, 0.6) is 5.75 Å². The molecule has 1 unspecified atom stereocenters. The van der Waals surface area contributed by atoms with Gasteiger partial charge in [-0.25, -0.2) is 8.78 Å². The highest BCUT2D eigenvalue weighted by molar-refractivity contribution is 6.04. The van der Waals surface area contributed by atoms with E-state index in [-0.39, 0.29) is 29.5 Å². The molecule has 0 amide bonds. The van der Waals surface area contributed by atoms with Crippen LogP contribution in [0.2, 0.25) is 0 Å². The fourth-order valence-corrected chi connectivity index (χ4v) is 5.07. The summed E-state index contributed by atoms with van der Waals surface area (Å²) in [6, 6.07) is 15.3. The van der Waals surface area contributed by atoms with Gasteiger partial charge in [0.2, 0.25) is 0 Å². The summed E-state index contributed by atoms with van der Waals surface area (Å²) in [4.78, 5) is 17.8. The average molecular weight is 530 g/mol. The summed E-state index contributed by atoms with van der Waals surface area (Å²) in [6.45, 7) is 0. The molecule has 0 bridgehead atoms. The van der Waals surface area contributed by atoms with Crippen LogP contribution in [0.25, 0.3) is 11.1 Å². The molecule has 1 saturated carbocycles. The van der Waals surface area contributed by atoms with Crippen LogP contribution < -0.4 is 4.74 Å². The Morgan fingerprint density at radius 1 is 0.842 bits per heavy atom. The molecule has 0 aromatic heterocycles. The van der Waals surface area contributed by atoms with Crippen molar-refractivity contribution in [1.29, 1.82) is 0 Å². The second-order valence-electron chi connectivity index (χ2n) is 9.47. The molecular formula is C29H24F5NO3. The summed E-state index contributed by atoms with van der Waals surface area (Å²) in [7, 11) is 0. The van der Waals surface area contributed by atoms with Gasteiger partial charge in [-0.2, -0.15) is 0 Å². The minimum Gasteiger partial charge on any atom is -0.462 e. The lowest BCUT2D eigenvalue weighted by Crippen LogP contribution is -2.25. The standard InChI is InChI=1S/C29H24F5NO3/c30-23-6-3-7-24(31)26(23)25-16-22(28(36)37-20-4-1-2-5-20)27(35-25)19-10-8-17(9-11-19)18-12-14-21(15-13-18)38-29(32,33)34/h3,6-15,20,22,27H,1-2,4-5,16H2/t22-,27?/m0/s1. The molecular weight excluding hydrogens is 505 g/mol. The third-order valence-corrected chi connectivity index (χ3v) is 6.90. The van der Waals surface area contributed by atoms with Crippen molar-refractivity contribution in [2.24, 2.45) is 10.9 Å². The van der Waals surface area contributed by atoms with E-state index >= 15 is 0 Å². The van der Waals surface area contributed by atoms with Crippen LogP contribution in [0.4, 0.5) is 22.0 Å². The van der Waals surface area contributed by atoms with Crippen molar-refractivity contribution in [3.05, 3.63) is 89.5 Å². The molecule has 198 valence electrons. The zero-order chi connectivity index (χ0) is 26.9. The Morgan fingerprint density at radius 3 is 2.00 bits per heavy atom. The van der Waals surface area contributed by atoms with Gasteiger partial charge < -0.3 is 9.47 Å². The number of ether oxygens (including phenoxy) is 2. The topological polar surface area (TPSA) is 47.9 Å². The first-order valence-electron chi connectivity index (χ1n) is 12.4. The summed E-state index contributed by atoms with van der Waals surface area (Å²) in [5, 5.41) is 0. The molecule has 0 N–H and O–H groups in total. The molecule has 3 aromatic carbocycles. The predicted octanol–water partition coefficient (Wildman–Crippen LogP) is 7.57. The first kappa shape index (κ1) is 25.9. The summed E-state index contributed by atoms with van der Waals surface area (Å²) in [5.74, 6) is -3.01. The maximum absolute atomic E-state index is 14.5. The molecule has 0 radical (unpaired) electrons. The summed E-state index contributed by atoms with van der Waals surface area (Å²) in [6.07, 6.45) is -1.34. The Labute approximate surface area is 216 Å². The molecule has 1 aliphatic carbocycles. The number of carbonyl (C=O) groups excluding carboxylic acids is 1. The van der Waals surface area contributed by atoms with Gasteiger partial charge in [-0.3, -0.25) is 9.79 Å². The maximum Gasteiger partial charge on any atom is 0.573 e. The van der Waals surface area contributed by atoms with Crippen molar-refractivity contribution < 1.29 is 36.2 Å². The van der Waals surface area contributed by atoms with E-state index in [4.69, 9.17) is 4.74 Å². The molecule has 1 aliphatic heterocycles. The van der Waals surface area contributed by atoms with E-state index in [1.54, 1.807) is 24.3 Å². The van der Waals surface area contributed by atoms with E-state index in [0.29, 0.717) is 11.1 Å². The number of aliphatic imine (C=N–C) groups is 1. The number of hydrogen-bond acceptors (Lipinski definition) is 4. The summed E-state index contributed by atoms with van der Waals surface area (Å²) >= 11 is 0. The lowest BCUT2D eigenvalue weighted by Gasteiger charge is -2.20. The van der Waals surface area contributed by atoms with Gasteiger partial charge in [-0.05, 0) is 66.6 Å². The molecule has 2 atom stereocenters. The van der Waals surface area contributed by atoms with Gasteiger partial charge in [0, 0.05) is 12.1 Å². The molecule has 5 rings (SSSR count). The third-order valence-electron chi connectivity index (χ3n) is 6.90. The molecule has 2 aliphatic rings. The Hall–Kier alpha value is -3.75. The van der Waals surface area contributed by atoms with E-state index in [1.807, 2.05) is 0 Å². The molecule has 1 fully saturated rings. The lowest BCUT2D eigenvalue weighted by molar-refractivity contribution is -0.274. The van der Waals surface area contributed by atoms with Crippen molar-refractivity contribution in [3.8, 4) is 16.9 Å². The van der Waals surface area contributed by atoms with E-state index in [1.165, 1.54) is 30.3 Å². The Balaban J connectivity index is 1.41. The second kappa shape index (κ2) is 10.6. The SMILES string of the molecule is O=C(OC1CCCC1)[C@H]1CC(c2c(F)cccc2F)=NC1c1ccc(-c2ccc(OC(F)(F)F)cc2)cc1. The first-order chi connectivity index (χ1) is 18.2. The fourth-order valence-electron chi connectivity index (χ4n) is 5.07. The van der Waals surface area contributed by atoms with Crippen molar-refractivity contribution in [2.75, 3.05) is 0 Å². The maximum atomic E-state index is 14.5. The third kappa shape index (κ3) is 5.71. The molecule has 38 heavy (non-hydrogen) atoms. The fraction of sp³-hybridized carbons (Fsp3) is 0.310. The van der Waals surface area contributed by atoms with Gasteiger partial charge in [-0.1, -0.05) is 42.5 Å². The Kier molecular flexibility index (Phi) is 7.19. The molecule has 4 nitrogen and oxygen atoms in total. The Bertz CT molecular complexity index is 1310. The van der Waals surface area contributed by atoms with Gasteiger partial charge in [0.25, 0.3) is 0 Å². The number of carbonyl (C=O) groups is 1. The predicted molar refractivity (Wildman–Crippen MR) is 131 cm³/mol. The van der Waals surface area contributed by atoms with Gasteiger partial charge in [-0.15, -0.1) is 13.2 Å². The zero-order valence-electron chi connectivity index (χ0n) is 20.2. The highest BCUT2D eigenvalue weighted by atomic mass is 19.4. The van der Waals surface area contributed by atoms with E-state index in [0.717, 1.165) is 43.4 Å². The van der Waals surface area contributed by atoms with Gasteiger partial charge in [0.15, 0.2) is 0 Å². The van der Waals surface area contributed by atoms with Crippen LogP contribution in [0.1, 0.15) is 49.3 Å². The normalized spacial score (nSPS) is 19.9. The average Bonchev–Trinajstić information content (AvgIpc) is 3.54. The molecule has 3 aromatic rings. The second-order valence-corrected chi connectivity index (χ2v) is 9.47. The Morgan fingerprint density at radius 2 is 1.42 bits per heavy atom. The van der Waals surface area contributed by atoms with E-state index in [9.17, 15) is 26.7 Å². The molecule has 0 saturated heterocycles. The van der Waals surface area contributed by atoms with Crippen molar-refractivity contribution >= 4 is 11.7 Å². The quantitative estimate of drug-likeness (QED) is 0.245. The van der Waals surface area contributed by atoms with Gasteiger partial charge in [0.1, 0.15) is 23.5 Å². The first-order valence-corrected chi connectivity index (χ1v) is 12.4. The van der Waals surface area contributed by atoms with Crippen LogP contribution in [-0.2, 0) is 9.53 Å². The molecule has 0 spiro atoms. The number of benzene rings is 3. The van der Waals surface area contributed by atoms with Crippen LogP contribution >= 0.6 is 0 Å². The van der Waals surface area contributed by atoms with Crippen LogP contribution in [0.3, 0.4) is 0 Å². The highest BCUT2D eigenvalue weighted by Crippen LogP contribution is 2.40. The zero-order valence-corrected chi connectivity index (χ0v) is 20.2. The lowest BCUT2D eigenvalue weighted by atomic mass is 9.90. The van der Waals surface area contributed by atoms with Crippen molar-refractivity contribution in [2.45, 2.75) is 50.6 Å². The summed E-state index contributed by atoms with van der Waals surface area (Å²) < 4.78 is 76.0. The number of halogens is 5. The minimum atomic E-state index is -4.77. The number of rotatable bonds is 6. The molecule has 1 heterocycles. The monoisotopic (exact) mass is 529 g/mol. The van der Waals surface area contributed by atoms with E-state index < -0.39 is 35.9 Å². The van der Waals surface area contributed by atoms with Gasteiger partial charge >= 0.3 is 12.3 Å². The van der Waals surface area contributed by atoms with Crippen LogP contribution in [0.15, 0.2) is 71.7 Å². The highest BCUT2D eigenvalue weighted by Gasteiger charge is 2.40. The summed E-state index contributed by atoms with van der Waals surface area (Å²) in [5.41, 5.74) is 1.97. The molecule has 9 heteroatoms. The van der Waals surface area contributed by atoms with Crippen molar-refractivity contribution in [1.82, 2.24) is 0 Å². The van der Waals surface area contributed by atoms with Gasteiger partial charge in [0.05, 0.1) is 17.5 Å². The number of hydrogen-bond donors (Lipinski definition) is 0. The number of nitrogens with zero attached hydrogens (tertiary/aromatic N) is 1. The largest absolute Gasteiger partial charge is 0.573 e. The van der Waals surface area contributed by atoms with Crippen LogP contribution in [0, 0.1) is 17.6 Å². The van der Waals surface area contributed by atoms with Crippen molar-refractivity contribution in [3.63, 3.8) is 0 Å².